The van der Waals surface area contributed by atoms with Gasteiger partial charge in [-0.15, -0.1) is 6.58 Å². The second-order valence-corrected chi connectivity index (χ2v) is 16.9. The summed E-state index contributed by atoms with van der Waals surface area (Å²) in [6, 6.07) is 23.8. The summed E-state index contributed by atoms with van der Waals surface area (Å²) in [4.78, 5) is 22.0. The van der Waals surface area contributed by atoms with Crippen LogP contribution in [-0.2, 0) is 14.3 Å². The Morgan fingerprint density at radius 1 is 0.949 bits per heavy atom. The third-order valence-corrected chi connectivity index (χ3v) is 11.6. The van der Waals surface area contributed by atoms with Crippen LogP contribution in [0.5, 0.6) is 17.2 Å². The van der Waals surface area contributed by atoms with Gasteiger partial charge in [0.15, 0.2) is 0 Å². The molecule has 1 amide bonds. The van der Waals surface area contributed by atoms with E-state index in [-0.39, 0.29) is 44.2 Å². The number of aliphatic hydroxyl groups excluding tert-OH is 2. The molecule has 59 heavy (non-hydrogen) atoms. The molecule has 1 saturated carbocycles. The molecule has 10 heteroatoms. The van der Waals surface area contributed by atoms with Gasteiger partial charge in [0.05, 0.1) is 24.8 Å². The molecule has 2 aliphatic carbocycles. The highest BCUT2D eigenvalue weighted by atomic mass is 16.7. The smallest absolute Gasteiger partial charge is 0.410 e. The first-order valence-corrected chi connectivity index (χ1v) is 21.6. The van der Waals surface area contributed by atoms with Crippen LogP contribution in [0.4, 0.5) is 4.79 Å². The van der Waals surface area contributed by atoms with Crippen LogP contribution in [0.15, 0.2) is 102 Å². The zero-order valence-corrected chi connectivity index (χ0v) is 35.6. The molecule has 0 aromatic heterocycles. The number of carbonyl (C=O) groups is 1. The van der Waals surface area contributed by atoms with Crippen molar-refractivity contribution in [1.82, 2.24) is 4.90 Å². The number of aliphatic hydroxyl groups is 2. The average Bonchev–Trinajstić information content (AvgIpc) is 3.23. The van der Waals surface area contributed by atoms with Crippen LogP contribution >= 0.6 is 0 Å². The summed E-state index contributed by atoms with van der Waals surface area (Å²) in [6.07, 6.45) is 9.40. The lowest BCUT2D eigenvalue weighted by molar-refractivity contribution is -0.255. The number of fused-ring (bicyclic) bond motifs is 2. The first kappa shape index (κ1) is 43.9. The van der Waals surface area contributed by atoms with E-state index in [1.54, 1.807) is 11.0 Å². The number of benzene rings is 3. The number of hydrogen-bond donors (Lipinski definition) is 2. The number of ether oxygens (including phenoxy) is 4. The Hall–Kier alpha value is -4.64. The maximum Gasteiger partial charge on any atom is 0.410 e. The first-order valence-electron chi connectivity index (χ1n) is 21.6. The third kappa shape index (κ3) is 10.0. The van der Waals surface area contributed by atoms with Crippen molar-refractivity contribution in [2.75, 3.05) is 33.0 Å². The monoisotopic (exact) mass is 808 g/mol. The molecule has 0 spiro atoms. The molecular formula is C49H64N2O8. The van der Waals surface area contributed by atoms with Crippen LogP contribution in [0, 0.1) is 17.8 Å². The van der Waals surface area contributed by atoms with Gasteiger partial charge in [0.25, 0.3) is 0 Å². The van der Waals surface area contributed by atoms with Crippen molar-refractivity contribution >= 4 is 11.8 Å². The zero-order chi connectivity index (χ0) is 42.0. The highest BCUT2D eigenvalue weighted by Crippen LogP contribution is 2.62. The molecule has 0 bridgehead atoms. The highest BCUT2D eigenvalue weighted by molar-refractivity contribution is 6.03. The second kappa shape index (κ2) is 20.1. The summed E-state index contributed by atoms with van der Waals surface area (Å²) in [6.45, 7) is 14.9. The molecule has 0 saturated heterocycles. The highest BCUT2D eigenvalue weighted by Gasteiger charge is 2.65. The molecule has 1 fully saturated rings. The van der Waals surface area contributed by atoms with E-state index in [0.717, 1.165) is 53.7 Å². The Kier molecular flexibility index (Phi) is 14.9. The Morgan fingerprint density at radius 3 is 2.31 bits per heavy atom. The molecule has 3 aromatic carbocycles. The Morgan fingerprint density at radius 2 is 1.64 bits per heavy atom. The lowest BCUT2D eigenvalue weighted by Crippen LogP contribution is -2.70. The van der Waals surface area contributed by atoms with Gasteiger partial charge in [-0.3, -0.25) is 4.90 Å². The van der Waals surface area contributed by atoms with Crippen molar-refractivity contribution in [1.29, 1.82) is 0 Å². The summed E-state index contributed by atoms with van der Waals surface area (Å²) in [5.74, 6) is 0.335. The Balaban J connectivity index is 1.55. The fourth-order valence-electron chi connectivity index (χ4n) is 9.21. The van der Waals surface area contributed by atoms with E-state index in [1.165, 1.54) is 0 Å². The number of carbonyl (C=O) groups excluding carboxylic acids is 1. The standard InChI is InChI=1S/C49H64N2O8/c1-7-27-51(47(54)55-9-3)44-33-42(50-59-48(4,5)6)40-31-36(19-13-15-28-52)39(20-14-16-29-53)45-41-32-38(25-26-43(41)58-49(44,46(40)45)56-30-8-2)57-37-23-21-35(22-24-37)34-17-11-10-12-18-34/h8,10-12,17-18,21-26,31-32,36,39,44-46,52-53H,2,7,9,13-16,19-20,27-30,33H2,1,3-6H3. The van der Waals surface area contributed by atoms with E-state index in [2.05, 4.69) is 43.0 Å². The molecule has 2 N–H and O–H groups in total. The van der Waals surface area contributed by atoms with Gasteiger partial charge in [0.2, 0.25) is 5.79 Å². The van der Waals surface area contributed by atoms with Crippen molar-refractivity contribution in [2.24, 2.45) is 22.9 Å². The van der Waals surface area contributed by atoms with Gasteiger partial charge in [-0.2, -0.15) is 0 Å². The number of oxime groups is 1. The molecule has 6 atom stereocenters. The van der Waals surface area contributed by atoms with Gasteiger partial charge >= 0.3 is 6.09 Å². The Bertz CT molecular complexity index is 1900. The predicted molar refractivity (Wildman–Crippen MR) is 232 cm³/mol. The van der Waals surface area contributed by atoms with Crippen molar-refractivity contribution in [2.45, 2.75) is 109 Å². The molecule has 3 aliphatic rings. The number of allylic oxidation sites excluding steroid dienone is 1. The van der Waals surface area contributed by atoms with Crippen molar-refractivity contribution in [3.63, 3.8) is 0 Å². The summed E-state index contributed by atoms with van der Waals surface area (Å²) in [7, 11) is 0. The van der Waals surface area contributed by atoms with E-state index in [4.69, 9.17) is 28.9 Å². The van der Waals surface area contributed by atoms with Gasteiger partial charge in [-0.05, 0) is 119 Å². The van der Waals surface area contributed by atoms with Gasteiger partial charge < -0.3 is 34.0 Å². The van der Waals surface area contributed by atoms with Crippen LogP contribution in [0.2, 0.25) is 0 Å². The predicted octanol–water partition coefficient (Wildman–Crippen LogP) is 10.4. The van der Waals surface area contributed by atoms with Gasteiger partial charge in [0, 0.05) is 37.7 Å². The number of nitrogens with zero attached hydrogens (tertiary/aromatic N) is 2. The summed E-state index contributed by atoms with van der Waals surface area (Å²) in [5.41, 5.74) is 4.41. The van der Waals surface area contributed by atoms with E-state index in [0.29, 0.717) is 49.5 Å². The van der Waals surface area contributed by atoms with E-state index in [9.17, 15) is 15.0 Å². The van der Waals surface area contributed by atoms with E-state index in [1.807, 2.05) is 77.1 Å². The van der Waals surface area contributed by atoms with Crippen LogP contribution in [0.3, 0.4) is 0 Å². The third-order valence-electron chi connectivity index (χ3n) is 11.6. The summed E-state index contributed by atoms with van der Waals surface area (Å²) < 4.78 is 26.7. The number of rotatable bonds is 19. The molecule has 1 aliphatic heterocycles. The van der Waals surface area contributed by atoms with E-state index >= 15 is 0 Å². The van der Waals surface area contributed by atoms with E-state index < -0.39 is 29.4 Å². The fraction of sp³-hybridized carbons (Fsp3) is 0.510. The fourth-order valence-corrected chi connectivity index (χ4v) is 9.21. The lowest BCUT2D eigenvalue weighted by Gasteiger charge is -2.60. The maximum absolute atomic E-state index is 14.0. The normalized spacial score (nSPS) is 23.9. The minimum Gasteiger partial charge on any atom is -0.459 e. The van der Waals surface area contributed by atoms with Crippen LogP contribution in [-0.4, -0.2) is 77.3 Å². The van der Waals surface area contributed by atoms with Crippen molar-refractivity contribution in [3.05, 3.63) is 103 Å². The average molecular weight is 809 g/mol. The molecule has 6 rings (SSSR count). The van der Waals surface area contributed by atoms with Crippen molar-refractivity contribution < 1.29 is 38.8 Å². The SMILES string of the molecule is C=CCOC12Oc3ccc(Oc4ccc(-c5ccccc5)cc4)cc3C3C(CCCCO)C(CCCCO)C=C(C(=NOC(C)(C)C)CC1N(CCC)C(=O)OCC)C32. The summed E-state index contributed by atoms with van der Waals surface area (Å²) >= 11 is 0. The minimum atomic E-state index is -1.35. The molecule has 0 radical (unpaired) electrons. The van der Waals surface area contributed by atoms with Crippen LogP contribution in [0.1, 0.15) is 97.5 Å². The number of amides is 1. The van der Waals surface area contributed by atoms with Gasteiger partial charge in [0.1, 0.15) is 28.9 Å². The minimum absolute atomic E-state index is 0.0921. The van der Waals surface area contributed by atoms with Gasteiger partial charge in [-0.25, -0.2) is 4.79 Å². The molecule has 10 nitrogen and oxygen atoms in total. The number of unbranched alkanes of at least 4 members (excludes halogenated alkanes) is 2. The molecular weight excluding hydrogens is 745 g/mol. The second-order valence-electron chi connectivity index (χ2n) is 16.9. The topological polar surface area (TPSA) is 119 Å². The molecule has 1 heterocycles. The van der Waals surface area contributed by atoms with Gasteiger partial charge in [-0.1, -0.05) is 79.5 Å². The summed E-state index contributed by atoms with van der Waals surface area (Å²) in [5, 5.41) is 24.7. The zero-order valence-electron chi connectivity index (χ0n) is 35.6. The van der Waals surface area contributed by atoms with Crippen LogP contribution < -0.4 is 9.47 Å². The van der Waals surface area contributed by atoms with Crippen molar-refractivity contribution in [3.8, 4) is 28.4 Å². The van der Waals surface area contributed by atoms with Crippen LogP contribution in [0.25, 0.3) is 11.1 Å². The largest absolute Gasteiger partial charge is 0.459 e. The lowest BCUT2D eigenvalue weighted by atomic mass is 9.55. The maximum atomic E-state index is 14.0. The quantitative estimate of drug-likeness (QED) is 0.0698. The molecule has 6 unspecified atom stereocenters. The molecule has 3 aromatic rings. The first-order chi connectivity index (χ1) is 28.6. The number of hydrogen-bond acceptors (Lipinski definition) is 9. The Labute approximate surface area is 350 Å². The molecule has 318 valence electrons.